The van der Waals surface area contributed by atoms with Crippen molar-refractivity contribution in [3.05, 3.63) is 41.5 Å². The first-order valence-electron chi connectivity index (χ1n) is 17.0. The van der Waals surface area contributed by atoms with Crippen molar-refractivity contribution in [2.75, 3.05) is 27.6 Å². The van der Waals surface area contributed by atoms with E-state index in [0.717, 1.165) is 6.04 Å². The average molecular weight is 693 g/mol. The maximum atomic E-state index is 13.4. The highest BCUT2D eigenvalue weighted by Gasteiger charge is 2.43. The molecule has 1 fully saturated rings. The maximum Gasteiger partial charge on any atom is 0.342 e. The maximum absolute atomic E-state index is 13.4. The molecule has 8 nitrogen and oxygen atoms in total. The number of rotatable bonds is 17. The molecule has 0 aromatic heterocycles. The summed E-state index contributed by atoms with van der Waals surface area (Å²) in [5.41, 5.74) is 0.982. The minimum atomic E-state index is -1.86. The Morgan fingerprint density at radius 1 is 1.02 bits per heavy atom. The van der Waals surface area contributed by atoms with E-state index < -0.39 is 28.1 Å². The van der Waals surface area contributed by atoms with Crippen molar-refractivity contribution in [1.29, 1.82) is 0 Å². The van der Waals surface area contributed by atoms with Crippen LogP contribution in [0.3, 0.4) is 0 Å². The van der Waals surface area contributed by atoms with Gasteiger partial charge in [0, 0.05) is 33.3 Å². The molecule has 0 aliphatic carbocycles. The molecule has 1 aromatic rings. The predicted octanol–water partition coefficient (Wildman–Crippen LogP) is 9.34. The first kappa shape index (κ1) is 41.2. The predicted molar refractivity (Wildman–Crippen MR) is 197 cm³/mol. The van der Waals surface area contributed by atoms with Gasteiger partial charge in [-0.05, 0) is 68.9 Å². The molecule has 1 aromatic carbocycles. The molecule has 1 aliphatic heterocycles. The summed E-state index contributed by atoms with van der Waals surface area (Å²) in [5, 5.41) is 0.164. The summed E-state index contributed by atoms with van der Waals surface area (Å²) in [4.78, 5) is 13.4. The summed E-state index contributed by atoms with van der Waals surface area (Å²) in [6.45, 7) is 29.0. The summed E-state index contributed by atoms with van der Waals surface area (Å²) in [6, 6.07) is 4.38. The number of methoxy groups -OCH3 is 2. The van der Waals surface area contributed by atoms with Crippen molar-refractivity contribution < 1.29 is 37.6 Å². The SMILES string of the molecule is COCOc1cc(OC)cc(/C=C/C[C@@H]2OC(C)(C)O[C@@H]2C(C)/C=C\[C@H](C)[C@H](C)O[Si](C)(C)C(C)(C)C)c1C(=O)OCC[Si](C)(C)C. The monoisotopic (exact) mass is 692 g/mol. The molecule has 0 radical (unpaired) electrons. The highest BCUT2D eigenvalue weighted by molar-refractivity contribution is 6.76. The molecular formula is C37H64O8Si2. The lowest BCUT2D eigenvalue weighted by molar-refractivity contribution is -0.148. The van der Waals surface area contributed by atoms with E-state index in [1.54, 1.807) is 13.2 Å². The van der Waals surface area contributed by atoms with Gasteiger partial charge in [0.15, 0.2) is 20.9 Å². The van der Waals surface area contributed by atoms with E-state index >= 15 is 0 Å². The number of hydrogen-bond acceptors (Lipinski definition) is 8. The number of esters is 1. The quantitative estimate of drug-likeness (QED) is 0.0692. The zero-order valence-electron chi connectivity index (χ0n) is 31.9. The molecule has 0 amide bonds. The van der Waals surface area contributed by atoms with Gasteiger partial charge in [0.05, 0.1) is 25.9 Å². The third-order valence-corrected chi connectivity index (χ3v) is 15.4. The van der Waals surface area contributed by atoms with Crippen molar-refractivity contribution >= 4 is 28.4 Å². The molecule has 1 heterocycles. The van der Waals surface area contributed by atoms with Crippen LogP contribution in [0.4, 0.5) is 0 Å². The molecule has 268 valence electrons. The Bertz CT molecular complexity index is 1210. The smallest absolute Gasteiger partial charge is 0.342 e. The number of carbonyl (C=O) groups excluding carboxylic acids is 1. The largest absolute Gasteiger partial charge is 0.497 e. The van der Waals surface area contributed by atoms with Gasteiger partial charge in [-0.2, -0.15) is 0 Å². The Morgan fingerprint density at radius 2 is 1.68 bits per heavy atom. The van der Waals surface area contributed by atoms with E-state index in [4.69, 9.17) is 32.8 Å². The molecule has 1 saturated heterocycles. The zero-order chi connectivity index (χ0) is 35.8. The Hall–Kier alpha value is -1.96. The van der Waals surface area contributed by atoms with E-state index in [0.29, 0.717) is 35.7 Å². The van der Waals surface area contributed by atoms with Crippen LogP contribution in [0, 0.1) is 11.8 Å². The van der Waals surface area contributed by atoms with E-state index in [9.17, 15) is 4.79 Å². The number of carbonyl (C=O) groups is 1. The normalized spacial score (nSPS) is 20.8. The van der Waals surface area contributed by atoms with Gasteiger partial charge in [-0.3, -0.25) is 0 Å². The zero-order valence-corrected chi connectivity index (χ0v) is 33.9. The third-order valence-electron chi connectivity index (χ3n) is 9.11. The number of hydrogen-bond donors (Lipinski definition) is 0. The van der Waals surface area contributed by atoms with Crippen LogP contribution in [-0.4, -0.2) is 74.1 Å². The Morgan fingerprint density at radius 3 is 2.26 bits per heavy atom. The van der Waals surface area contributed by atoms with Crippen molar-refractivity contribution in [2.45, 2.75) is 130 Å². The van der Waals surface area contributed by atoms with Crippen LogP contribution < -0.4 is 9.47 Å². The minimum absolute atomic E-state index is 0.0132. The average Bonchev–Trinajstić information content (AvgIpc) is 3.26. The summed E-state index contributed by atoms with van der Waals surface area (Å²) >= 11 is 0. The molecule has 0 spiro atoms. The van der Waals surface area contributed by atoms with Gasteiger partial charge in [0.1, 0.15) is 17.1 Å². The second-order valence-electron chi connectivity index (χ2n) is 16.1. The van der Waals surface area contributed by atoms with Gasteiger partial charge in [-0.15, -0.1) is 0 Å². The fourth-order valence-corrected chi connectivity index (χ4v) is 7.23. The summed E-state index contributed by atoms with van der Waals surface area (Å²) < 4.78 is 41.7. The van der Waals surface area contributed by atoms with E-state index in [2.05, 4.69) is 86.4 Å². The number of ether oxygens (including phenoxy) is 6. The van der Waals surface area contributed by atoms with Crippen molar-refractivity contribution in [2.24, 2.45) is 11.8 Å². The van der Waals surface area contributed by atoms with Gasteiger partial charge in [0.2, 0.25) is 0 Å². The van der Waals surface area contributed by atoms with Crippen LogP contribution in [-0.2, 0) is 23.4 Å². The van der Waals surface area contributed by atoms with Gasteiger partial charge >= 0.3 is 5.97 Å². The first-order chi connectivity index (χ1) is 21.6. The van der Waals surface area contributed by atoms with Gasteiger partial charge in [0.25, 0.3) is 0 Å². The van der Waals surface area contributed by atoms with Gasteiger partial charge in [-0.1, -0.05) is 78.6 Å². The topological polar surface area (TPSA) is 81.7 Å². The molecule has 5 atom stereocenters. The number of benzene rings is 1. The fraction of sp³-hybridized carbons (Fsp3) is 0.703. The van der Waals surface area contributed by atoms with E-state index in [1.165, 1.54) is 7.11 Å². The standard InChI is InChI=1S/C37H64O8Si2/c1-26(28(3)45-47(14,15)36(4,5)6)19-20-27(2)34-31(43-37(7,8)44-34)18-16-17-29-23-30(40-10)24-32(42-25-39-9)33(29)35(38)41-21-22-46(11,12)13/h16-17,19-20,23-24,26-28,31,34H,18,21-22,25H2,1-15H3/b17-16+,20-19-/t26-,27?,28-,31-,34+/m0/s1. The Kier molecular flexibility index (Phi) is 15.0. The third kappa shape index (κ3) is 12.8. The Balaban J connectivity index is 2.27. The molecule has 1 unspecified atom stereocenters. The summed E-state index contributed by atoms with van der Waals surface area (Å²) in [6.07, 6.45) is 8.79. The molecule has 0 N–H and O–H groups in total. The minimum Gasteiger partial charge on any atom is -0.497 e. The molecule has 47 heavy (non-hydrogen) atoms. The van der Waals surface area contributed by atoms with Gasteiger partial charge in [-0.25, -0.2) is 4.79 Å². The molecule has 10 heteroatoms. The molecule has 0 saturated carbocycles. The lowest BCUT2D eigenvalue weighted by Crippen LogP contribution is -2.44. The highest BCUT2D eigenvalue weighted by atomic mass is 28.4. The van der Waals surface area contributed by atoms with Crippen LogP contribution >= 0.6 is 0 Å². The first-order valence-corrected chi connectivity index (χ1v) is 23.6. The van der Waals surface area contributed by atoms with Crippen LogP contribution in [0.5, 0.6) is 11.5 Å². The van der Waals surface area contributed by atoms with Crippen LogP contribution in [0.2, 0.25) is 43.8 Å². The second kappa shape index (κ2) is 17.1. The van der Waals surface area contributed by atoms with E-state index in [1.807, 2.05) is 32.1 Å². The van der Waals surface area contributed by atoms with Crippen molar-refractivity contribution in [1.82, 2.24) is 0 Å². The highest BCUT2D eigenvalue weighted by Crippen LogP contribution is 2.39. The molecule has 1 aliphatic rings. The van der Waals surface area contributed by atoms with Crippen LogP contribution in [0.25, 0.3) is 6.08 Å². The van der Waals surface area contributed by atoms with Crippen molar-refractivity contribution in [3.63, 3.8) is 0 Å². The van der Waals surface area contributed by atoms with Crippen LogP contribution in [0.1, 0.15) is 77.7 Å². The molecule has 2 rings (SSSR count). The molecule has 0 bridgehead atoms. The second-order valence-corrected chi connectivity index (χ2v) is 26.4. The lowest BCUT2D eigenvalue weighted by Gasteiger charge is -2.39. The fourth-order valence-electron chi connectivity index (χ4n) is 5.02. The summed E-state index contributed by atoms with van der Waals surface area (Å²) in [5.74, 6) is 0.136. The van der Waals surface area contributed by atoms with Gasteiger partial charge < -0.3 is 32.8 Å². The Labute approximate surface area is 287 Å². The van der Waals surface area contributed by atoms with E-state index in [-0.39, 0.29) is 42.0 Å². The lowest BCUT2D eigenvalue weighted by atomic mass is 9.94. The summed E-state index contributed by atoms with van der Waals surface area (Å²) in [7, 11) is -0.127. The molecular weight excluding hydrogens is 629 g/mol. The van der Waals surface area contributed by atoms with Crippen LogP contribution in [0.15, 0.2) is 30.4 Å². The van der Waals surface area contributed by atoms with Crippen molar-refractivity contribution in [3.8, 4) is 11.5 Å².